The zero-order valence-electron chi connectivity index (χ0n) is 10.1. The number of carbonyl (C=O) groups is 1. The fourth-order valence-electron chi connectivity index (χ4n) is 2.17. The van der Waals surface area contributed by atoms with Crippen molar-refractivity contribution in [2.75, 3.05) is 25.6 Å². The van der Waals surface area contributed by atoms with Gasteiger partial charge in [0.25, 0.3) is 0 Å². The third-order valence-electron chi connectivity index (χ3n) is 3.04. The average molecular weight is 239 g/mol. The number of anilines is 1. The second kappa shape index (κ2) is 4.75. The first-order chi connectivity index (χ1) is 8.17. The Morgan fingerprint density at radius 3 is 3.12 bits per heavy atom. The number of aliphatic hydroxyl groups excluding tert-OH is 1. The van der Waals surface area contributed by atoms with Crippen LogP contribution in [0.4, 0.5) is 5.82 Å². The van der Waals surface area contributed by atoms with E-state index in [-0.39, 0.29) is 12.6 Å². The first-order valence-corrected chi connectivity index (χ1v) is 5.67. The highest BCUT2D eigenvalue weighted by atomic mass is 16.5. The summed E-state index contributed by atoms with van der Waals surface area (Å²) in [5.74, 6) is 0.706. The van der Waals surface area contributed by atoms with E-state index in [0.717, 1.165) is 25.3 Å². The van der Waals surface area contributed by atoms with Crippen LogP contribution in [0.5, 0.6) is 0 Å². The number of aliphatic hydroxyl groups is 1. The summed E-state index contributed by atoms with van der Waals surface area (Å²) in [6.45, 7) is 3.43. The molecule has 1 unspecified atom stereocenters. The van der Waals surface area contributed by atoms with Crippen LogP contribution in [0.15, 0.2) is 0 Å². The standard InChI is InChI=1S/C11H17N3O3/c1-7-9(11(16)17-2)10-12-5-8(3-4-15)6-14(10)13-7/h8,12,15H,3-6H2,1-2H3. The lowest BCUT2D eigenvalue weighted by molar-refractivity contribution is 0.0600. The number of rotatable bonds is 3. The van der Waals surface area contributed by atoms with Gasteiger partial charge in [-0.05, 0) is 19.3 Å². The lowest BCUT2D eigenvalue weighted by Gasteiger charge is -2.24. The number of methoxy groups -OCH3 is 1. The van der Waals surface area contributed by atoms with Crippen LogP contribution in [0.3, 0.4) is 0 Å². The highest BCUT2D eigenvalue weighted by Crippen LogP contribution is 2.26. The van der Waals surface area contributed by atoms with Gasteiger partial charge in [0.05, 0.1) is 12.8 Å². The van der Waals surface area contributed by atoms with Crippen molar-refractivity contribution in [1.82, 2.24) is 9.78 Å². The molecule has 0 saturated carbocycles. The molecule has 1 aliphatic rings. The van der Waals surface area contributed by atoms with Crippen LogP contribution in [0.1, 0.15) is 22.5 Å². The average Bonchev–Trinajstić information content (AvgIpc) is 2.64. The molecule has 17 heavy (non-hydrogen) atoms. The third kappa shape index (κ3) is 2.12. The largest absolute Gasteiger partial charge is 0.465 e. The molecule has 0 radical (unpaired) electrons. The number of carbonyl (C=O) groups excluding carboxylic acids is 1. The second-order valence-electron chi connectivity index (χ2n) is 4.24. The van der Waals surface area contributed by atoms with Crippen molar-refractivity contribution in [3.8, 4) is 0 Å². The maximum Gasteiger partial charge on any atom is 0.343 e. The fraction of sp³-hybridized carbons (Fsp3) is 0.636. The molecular weight excluding hydrogens is 222 g/mol. The lowest BCUT2D eigenvalue weighted by atomic mass is 10.0. The summed E-state index contributed by atoms with van der Waals surface area (Å²) < 4.78 is 6.53. The molecule has 6 nitrogen and oxygen atoms in total. The van der Waals surface area contributed by atoms with Crippen LogP contribution in [-0.2, 0) is 11.3 Å². The van der Waals surface area contributed by atoms with Crippen LogP contribution in [0.25, 0.3) is 0 Å². The number of hydrogen-bond acceptors (Lipinski definition) is 5. The van der Waals surface area contributed by atoms with Crippen molar-refractivity contribution in [3.05, 3.63) is 11.3 Å². The van der Waals surface area contributed by atoms with Crippen molar-refractivity contribution in [3.63, 3.8) is 0 Å². The predicted molar refractivity (Wildman–Crippen MR) is 62.0 cm³/mol. The number of esters is 1. The summed E-state index contributed by atoms with van der Waals surface area (Å²) in [5, 5.41) is 16.4. The first-order valence-electron chi connectivity index (χ1n) is 5.67. The van der Waals surface area contributed by atoms with E-state index >= 15 is 0 Å². The van der Waals surface area contributed by atoms with Gasteiger partial charge >= 0.3 is 5.97 Å². The highest BCUT2D eigenvalue weighted by molar-refractivity contribution is 5.96. The van der Waals surface area contributed by atoms with Crippen LogP contribution in [0, 0.1) is 12.8 Å². The number of hydrogen-bond donors (Lipinski definition) is 2. The number of fused-ring (bicyclic) bond motifs is 1. The zero-order valence-corrected chi connectivity index (χ0v) is 10.1. The smallest absolute Gasteiger partial charge is 0.343 e. The van der Waals surface area contributed by atoms with Crippen molar-refractivity contribution < 1.29 is 14.6 Å². The molecule has 1 aliphatic heterocycles. The van der Waals surface area contributed by atoms with Crippen molar-refractivity contribution >= 4 is 11.8 Å². The van der Waals surface area contributed by atoms with Gasteiger partial charge < -0.3 is 15.2 Å². The van der Waals surface area contributed by atoms with Gasteiger partial charge in [0.2, 0.25) is 0 Å². The number of aromatic nitrogens is 2. The maximum atomic E-state index is 11.6. The van der Waals surface area contributed by atoms with E-state index in [4.69, 9.17) is 9.84 Å². The summed E-state index contributed by atoms with van der Waals surface area (Å²) in [6, 6.07) is 0. The molecule has 1 aromatic heterocycles. The molecule has 0 aliphatic carbocycles. The molecule has 0 amide bonds. The van der Waals surface area contributed by atoms with Crippen molar-refractivity contribution in [1.29, 1.82) is 0 Å². The molecule has 2 rings (SSSR count). The maximum absolute atomic E-state index is 11.6. The van der Waals surface area contributed by atoms with Gasteiger partial charge in [0.1, 0.15) is 11.4 Å². The molecule has 6 heteroatoms. The molecule has 2 heterocycles. The van der Waals surface area contributed by atoms with Crippen LogP contribution >= 0.6 is 0 Å². The van der Waals surface area contributed by atoms with Crippen molar-refractivity contribution in [2.45, 2.75) is 19.9 Å². The summed E-state index contributed by atoms with van der Waals surface area (Å²) in [6.07, 6.45) is 0.735. The molecule has 2 N–H and O–H groups in total. The Labute approximate surface area is 99.6 Å². The lowest BCUT2D eigenvalue weighted by Crippen LogP contribution is -2.29. The number of aryl methyl sites for hydroxylation is 1. The van der Waals surface area contributed by atoms with Gasteiger partial charge in [0.15, 0.2) is 0 Å². The summed E-state index contributed by atoms with van der Waals surface area (Å²) in [4.78, 5) is 11.6. The van der Waals surface area contributed by atoms with Crippen molar-refractivity contribution in [2.24, 2.45) is 5.92 Å². The monoisotopic (exact) mass is 239 g/mol. The van der Waals surface area contributed by atoms with Crippen LogP contribution < -0.4 is 5.32 Å². The van der Waals surface area contributed by atoms with Gasteiger partial charge in [0, 0.05) is 19.7 Å². The molecule has 0 spiro atoms. The Kier molecular flexibility index (Phi) is 3.33. The van der Waals surface area contributed by atoms with E-state index in [1.54, 1.807) is 11.6 Å². The van der Waals surface area contributed by atoms with Gasteiger partial charge in [-0.3, -0.25) is 0 Å². The summed E-state index contributed by atoms with van der Waals surface area (Å²) in [7, 11) is 1.36. The van der Waals surface area contributed by atoms with E-state index in [2.05, 4.69) is 10.4 Å². The minimum absolute atomic E-state index is 0.172. The quantitative estimate of drug-likeness (QED) is 0.747. The molecule has 0 saturated heterocycles. The molecular formula is C11H17N3O3. The van der Waals surface area contributed by atoms with E-state index in [0.29, 0.717) is 17.2 Å². The Balaban J connectivity index is 2.27. The molecule has 0 aromatic carbocycles. The van der Waals surface area contributed by atoms with Gasteiger partial charge in [-0.25, -0.2) is 9.48 Å². The Hall–Kier alpha value is -1.56. The number of nitrogens with one attached hydrogen (secondary N) is 1. The summed E-state index contributed by atoms with van der Waals surface area (Å²) in [5.41, 5.74) is 1.18. The fourth-order valence-corrected chi connectivity index (χ4v) is 2.17. The number of nitrogens with zero attached hydrogens (tertiary/aromatic N) is 2. The Morgan fingerprint density at radius 1 is 1.71 bits per heavy atom. The van der Waals surface area contributed by atoms with E-state index in [1.165, 1.54) is 7.11 Å². The zero-order chi connectivity index (χ0) is 12.4. The molecule has 0 bridgehead atoms. The normalized spacial score (nSPS) is 18.4. The van der Waals surface area contributed by atoms with Crippen LogP contribution in [-0.4, -0.2) is 41.1 Å². The van der Waals surface area contributed by atoms with Crippen LogP contribution in [0.2, 0.25) is 0 Å². The molecule has 94 valence electrons. The predicted octanol–water partition coefficient (Wildman–Crippen LogP) is 0.402. The van der Waals surface area contributed by atoms with E-state index in [1.807, 2.05) is 0 Å². The third-order valence-corrected chi connectivity index (χ3v) is 3.04. The molecule has 1 atom stereocenters. The SMILES string of the molecule is COC(=O)c1c(C)nn2c1NCC(CCO)C2. The Bertz CT molecular complexity index is 428. The highest BCUT2D eigenvalue weighted by Gasteiger charge is 2.27. The van der Waals surface area contributed by atoms with Gasteiger partial charge in [-0.2, -0.15) is 5.10 Å². The number of ether oxygens (including phenoxy) is 1. The molecule has 1 aromatic rings. The minimum atomic E-state index is -0.364. The second-order valence-corrected chi connectivity index (χ2v) is 4.24. The Morgan fingerprint density at radius 2 is 2.47 bits per heavy atom. The van der Waals surface area contributed by atoms with Gasteiger partial charge in [-0.15, -0.1) is 0 Å². The summed E-state index contributed by atoms with van der Waals surface area (Å²) >= 11 is 0. The molecule has 0 fully saturated rings. The van der Waals surface area contributed by atoms with E-state index < -0.39 is 0 Å². The van der Waals surface area contributed by atoms with Gasteiger partial charge in [-0.1, -0.05) is 0 Å². The van der Waals surface area contributed by atoms with E-state index in [9.17, 15) is 4.79 Å². The topological polar surface area (TPSA) is 76.4 Å². The first kappa shape index (κ1) is 11.9. The minimum Gasteiger partial charge on any atom is -0.465 e.